The van der Waals surface area contributed by atoms with Gasteiger partial charge in [-0.3, -0.25) is 4.79 Å². The van der Waals surface area contributed by atoms with E-state index in [2.05, 4.69) is 19.2 Å². The molecule has 1 aliphatic heterocycles. The predicted octanol–water partition coefficient (Wildman–Crippen LogP) is 1.34. The minimum Gasteiger partial charge on any atom is -0.468 e. The van der Waals surface area contributed by atoms with E-state index in [9.17, 15) is 4.79 Å². The second-order valence-corrected chi connectivity index (χ2v) is 5.69. The summed E-state index contributed by atoms with van der Waals surface area (Å²) < 4.78 is 10.6. The van der Waals surface area contributed by atoms with Crippen molar-refractivity contribution < 1.29 is 14.3 Å². The maximum Gasteiger partial charge on any atom is 0.322 e. The molecule has 0 aromatic rings. The molecule has 0 aromatic heterocycles. The highest BCUT2D eigenvalue weighted by atomic mass is 16.5. The van der Waals surface area contributed by atoms with Gasteiger partial charge >= 0.3 is 5.97 Å². The number of ether oxygens (including phenoxy) is 2. The molecule has 0 spiro atoms. The Kier molecular flexibility index (Phi) is 3.46. The normalized spacial score (nSPS) is 35.9. The Hall–Kier alpha value is -0.610. The second kappa shape index (κ2) is 4.58. The molecule has 0 amide bonds. The van der Waals surface area contributed by atoms with Crippen molar-refractivity contribution in [3.05, 3.63) is 0 Å². The molecule has 0 aromatic carbocycles. The molecule has 17 heavy (non-hydrogen) atoms. The Labute approximate surface area is 103 Å². The van der Waals surface area contributed by atoms with Gasteiger partial charge in [0.15, 0.2) is 0 Å². The van der Waals surface area contributed by atoms with Gasteiger partial charge in [0.25, 0.3) is 0 Å². The molecule has 2 rings (SSSR count). The molecule has 0 bridgehead atoms. The van der Waals surface area contributed by atoms with Crippen molar-refractivity contribution in [2.75, 3.05) is 13.7 Å². The first-order valence-electron chi connectivity index (χ1n) is 6.47. The Balaban J connectivity index is 2.01. The molecular formula is C13H23NO3. The van der Waals surface area contributed by atoms with Gasteiger partial charge in [0.2, 0.25) is 0 Å². The van der Waals surface area contributed by atoms with E-state index in [1.54, 1.807) is 0 Å². The van der Waals surface area contributed by atoms with Crippen LogP contribution in [0.4, 0.5) is 0 Å². The van der Waals surface area contributed by atoms with Gasteiger partial charge in [-0.05, 0) is 12.8 Å². The van der Waals surface area contributed by atoms with Gasteiger partial charge in [0.1, 0.15) is 6.04 Å². The van der Waals surface area contributed by atoms with Crippen LogP contribution in [0.1, 0.15) is 33.6 Å². The van der Waals surface area contributed by atoms with Gasteiger partial charge in [-0.2, -0.15) is 0 Å². The van der Waals surface area contributed by atoms with E-state index >= 15 is 0 Å². The smallest absolute Gasteiger partial charge is 0.322 e. The summed E-state index contributed by atoms with van der Waals surface area (Å²) in [7, 11) is 1.44. The minimum atomic E-state index is -0.189. The van der Waals surface area contributed by atoms with Gasteiger partial charge in [-0.15, -0.1) is 0 Å². The molecule has 0 radical (unpaired) electrons. The lowest BCUT2D eigenvalue weighted by molar-refractivity contribution is -0.148. The third kappa shape index (κ3) is 1.97. The second-order valence-electron chi connectivity index (χ2n) is 5.69. The third-order valence-corrected chi connectivity index (χ3v) is 4.38. The molecule has 0 unspecified atom stereocenters. The van der Waals surface area contributed by atoms with Crippen molar-refractivity contribution in [2.45, 2.75) is 51.8 Å². The van der Waals surface area contributed by atoms with Crippen LogP contribution in [-0.4, -0.2) is 37.9 Å². The molecule has 4 heteroatoms. The number of esters is 1. The van der Waals surface area contributed by atoms with Crippen molar-refractivity contribution in [1.29, 1.82) is 0 Å². The minimum absolute atomic E-state index is 0.114. The van der Waals surface area contributed by atoms with Gasteiger partial charge in [0.05, 0.1) is 13.2 Å². The average Bonchev–Trinajstić information content (AvgIpc) is 2.76. The van der Waals surface area contributed by atoms with Crippen LogP contribution in [0.2, 0.25) is 0 Å². The van der Waals surface area contributed by atoms with E-state index in [1.807, 2.05) is 6.92 Å². The first-order valence-corrected chi connectivity index (χ1v) is 6.47. The van der Waals surface area contributed by atoms with Crippen molar-refractivity contribution >= 4 is 5.97 Å². The fourth-order valence-corrected chi connectivity index (χ4v) is 3.37. The quantitative estimate of drug-likeness (QED) is 0.755. The van der Waals surface area contributed by atoms with Crippen molar-refractivity contribution in [3.63, 3.8) is 0 Å². The van der Waals surface area contributed by atoms with Crippen LogP contribution in [0, 0.1) is 11.3 Å². The van der Waals surface area contributed by atoms with Crippen LogP contribution in [0.3, 0.4) is 0 Å². The summed E-state index contributed by atoms with van der Waals surface area (Å²) in [5.74, 6) is 0.398. The lowest BCUT2D eigenvalue weighted by Crippen LogP contribution is -2.68. The molecule has 1 saturated carbocycles. The predicted molar refractivity (Wildman–Crippen MR) is 64.6 cm³/mol. The first-order chi connectivity index (χ1) is 8.02. The molecule has 1 N–H and O–H groups in total. The van der Waals surface area contributed by atoms with E-state index in [0.717, 1.165) is 19.4 Å². The van der Waals surface area contributed by atoms with E-state index in [0.29, 0.717) is 18.1 Å². The van der Waals surface area contributed by atoms with Crippen molar-refractivity contribution in [1.82, 2.24) is 5.32 Å². The monoisotopic (exact) mass is 241 g/mol. The zero-order chi connectivity index (χ0) is 12.6. The largest absolute Gasteiger partial charge is 0.468 e. The maximum absolute atomic E-state index is 11.6. The molecule has 4 atom stereocenters. The highest BCUT2D eigenvalue weighted by Gasteiger charge is 2.59. The summed E-state index contributed by atoms with van der Waals surface area (Å²) in [6, 6.07) is 0.171. The van der Waals surface area contributed by atoms with Gasteiger partial charge in [0, 0.05) is 24.0 Å². The van der Waals surface area contributed by atoms with Gasteiger partial charge < -0.3 is 14.8 Å². The number of nitrogens with one attached hydrogen (secondary N) is 1. The number of hydrogen-bond donors (Lipinski definition) is 1. The molecule has 1 heterocycles. The van der Waals surface area contributed by atoms with Crippen LogP contribution in [0.5, 0.6) is 0 Å². The summed E-state index contributed by atoms with van der Waals surface area (Å²) in [6.07, 6.45) is 2.22. The van der Waals surface area contributed by atoms with E-state index in [4.69, 9.17) is 9.47 Å². The summed E-state index contributed by atoms with van der Waals surface area (Å²) in [5.41, 5.74) is 0.114. The Morgan fingerprint density at radius 2 is 2.29 bits per heavy atom. The van der Waals surface area contributed by atoms with Crippen LogP contribution in [-0.2, 0) is 14.3 Å². The number of rotatable bonds is 4. The van der Waals surface area contributed by atoms with Crippen LogP contribution in [0.15, 0.2) is 0 Å². The third-order valence-electron chi connectivity index (χ3n) is 4.38. The summed E-state index contributed by atoms with van der Waals surface area (Å²) in [4.78, 5) is 11.6. The van der Waals surface area contributed by atoms with Crippen molar-refractivity contribution in [2.24, 2.45) is 11.3 Å². The molecule has 1 saturated heterocycles. The maximum atomic E-state index is 11.6. The summed E-state index contributed by atoms with van der Waals surface area (Å²) >= 11 is 0. The SMILES string of the molecule is CC[C@H](N[C@@H]1[C@@H]2CCO[C@H]2C1(C)C)C(=O)OC. The van der Waals surface area contributed by atoms with Gasteiger partial charge in [-0.25, -0.2) is 0 Å². The van der Waals surface area contributed by atoms with Crippen LogP contribution in [0.25, 0.3) is 0 Å². The molecule has 1 aliphatic carbocycles. The Morgan fingerprint density at radius 3 is 2.88 bits per heavy atom. The lowest BCUT2D eigenvalue weighted by atomic mass is 9.57. The van der Waals surface area contributed by atoms with Crippen LogP contribution >= 0.6 is 0 Å². The molecule has 4 nitrogen and oxygen atoms in total. The molecular weight excluding hydrogens is 218 g/mol. The molecule has 98 valence electrons. The van der Waals surface area contributed by atoms with Gasteiger partial charge in [-0.1, -0.05) is 20.8 Å². The first kappa shape index (κ1) is 12.8. The number of carbonyl (C=O) groups excluding carboxylic acids is 1. The average molecular weight is 241 g/mol. The highest BCUT2D eigenvalue weighted by Crippen LogP contribution is 2.52. The van der Waals surface area contributed by atoms with E-state index in [-0.39, 0.29) is 17.4 Å². The number of hydrogen-bond acceptors (Lipinski definition) is 4. The lowest BCUT2D eigenvalue weighted by Gasteiger charge is -2.55. The fourth-order valence-electron chi connectivity index (χ4n) is 3.37. The van der Waals surface area contributed by atoms with Crippen LogP contribution < -0.4 is 5.32 Å². The Morgan fingerprint density at radius 1 is 1.59 bits per heavy atom. The van der Waals surface area contributed by atoms with Crippen molar-refractivity contribution in [3.8, 4) is 0 Å². The topological polar surface area (TPSA) is 47.6 Å². The zero-order valence-corrected chi connectivity index (χ0v) is 11.2. The summed E-state index contributed by atoms with van der Waals surface area (Å²) in [5, 5.41) is 3.46. The summed E-state index contributed by atoms with van der Waals surface area (Å²) in [6.45, 7) is 7.27. The number of methoxy groups -OCH3 is 1. The van der Waals surface area contributed by atoms with E-state index in [1.165, 1.54) is 7.11 Å². The molecule has 2 fully saturated rings. The standard InChI is InChI=1S/C13H23NO3/c1-5-9(12(15)16-4)14-10-8-6-7-17-11(8)13(10,2)3/h8-11,14H,5-7H2,1-4H3/t8-,9-,10+,11+/m0/s1. The number of carbonyl (C=O) groups is 1. The van der Waals surface area contributed by atoms with E-state index < -0.39 is 0 Å². The molecule has 2 aliphatic rings. The highest BCUT2D eigenvalue weighted by molar-refractivity contribution is 5.75. The Bertz CT molecular complexity index is 303. The fraction of sp³-hybridized carbons (Fsp3) is 0.923. The number of fused-ring (bicyclic) bond motifs is 1. The zero-order valence-electron chi connectivity index (χ0n) is 11.2.